The fraction of sp³-hybridized carbons (Fsp3) is 0.300. The molecule has 2 unspecified atom stereocenters. The van der Waals surface area contributed by atoms with Crippen LogP contribution in [0.15, 0.2) is 47.7 Å². The lowest BCUT2D eigenvalue weighted by Gasteiger charge is -2.44. The number of guanidine groups is 1. The highest BCUT2D eigenvalue weighted by molar-refractivity contribution is 5.80. The van der Waals surface area contributed by atoms with E-state index >= 15 is 0 Å². The molecule has 1 aliphatic heterocycles. The molecule has 8 heteroatoms. The zero-order valence-corrected chi connectivity index (χ0v) is 15.6. The van der Waals surface area contributed by atoms with Crippen molar-refractivity contribution in [1.29, 1.82) is 10.5 Å². The molecule has 0 aliphatic carbocycles. The van der Waals surface area contributed by atoms with E-state index in [0.29, 0.717) is 16.9 Å². The van der Waals surface area contributed by atoms with Crippen LogP contribution in [0, 0.1) is 22.8 Å². The molecule has 142 valence electrons. The second kappa shape index (κ2) is 7.55. The highest BCUT2D eigenvalue weighted by Crippen LogP contribution is 2.43. The average Bonchev–Trinajstić information content (AvgIpc) is 2.70. The molecule has 0 amide bonds. The van der Waals surface area contributed by atoms with Crippen LogP contribution in [0.3, 0.4) is 0 Å². The third-order valence-electron chi connectivity index (χ3n) is 4.65. The lowest BCUT2D eigenvalue weighted by molar-refractivity contribution is -0.0751. The van der Waals surface area contributed by atoms with Crippen molar-refractivity contribution in [3.63, 3.8) is 0 Å². The summed E-state index contributed by atoms with van der Waals surface area (Å²) in [6, 6.07) is 9.71. The van der Waals surface area contributed by atoms with Gasteiger partial charge < -0.3 is 15.6 Å². The van der Waals surface area contributed by atoms with Gasteiger partial charge in [0.2, 0.25) is 5.96 Å². The molecule has 1 aromatic heterocycles. The zero-order chi connectivity index (χ0) is 20.3. The first-order valence-electron chi connectivity index (χ1n) is 8.66. The number of nitriles is 2. The predicted octanol–water partition coefficient (Wildman–Crippen LogP) is 1.82. The molecule has 0 fully saturated rings. The topological polar surface area (TPSA) is 132 Å². The van der Waals surface area contributed by atoms with Crippen LogP contribution < -0.4 is 10.5 Å². The van der Waals surface area contributed by atoms with Crippen LogP contribution in [0.25, 0.3) is 0 Å². The number of pyridine rings is 1. The number of aliphatic hydroxyl groups is 1. The van der Waals surface area contributed by atoms with Crippen LogP contribution in [0.2, 0.25) is 0 Å². The summed E-state index contributed by atoms with van der Waals surface area (Å²) >= 11 is 0. The van der Waals surface area contributed by atoms with Gasteiger partial charge in [0.05, 0.1) is 18.2 Å². The van der Waals surface area contributed by atoms with E-state index < -0.39 is 17.7 Å². The Morgan fingerprint density at radius 1 is 1.32 bits per heavy atom. The number of benzene rings is 1. The molecule has 28 heavy (non-hydrogen) atoms. The minimum absolute atomic E-state index is 0.0330. The van der Waals surface area contributed by atoms with Crippen LogP contribution in [0.4, 0.5) is 0 Å². The maximum atomic E-state index is 10.9. The van der Waals surface area contributed by atoms with Gasteiger partial charge in [-0.3, -0.25) is 4.98 Å². The van der Waals surface area contributed by atoms with Crippen LogP contribution >= 0.6 is 0 Å². The molecule has 8 nitrogen and oxygen atoms in total. The van der Waals surface area contributed by atoms with E-state index in [1.807, 2.05) is 6.19 Å². The van der Waals surface area contributed by atoms with Gasteiger partial charge in [-0.1, -0.05) is 0 Å². The van der Waals surface area contributed by atoms with Crippen molar-refractivity contribution >= 4 is 5.96 Å². The Labute approximate surface area is 163 Å². The smallest absolute Gasteiger partial charge is 0.205 e. The van der Waals surface area contributed by atoms with Gasteiger partial charge in [-0.2, -0.15) is 10.5 Å². The molecule has 0 spiro atoms. The van der Waals surface area contributed by atoms with Crippen molar-refractivity contribution in [3.8, 4) is 18.0 Å². The Hall–Kier alpha value is -3.62. The minimum Gasteiger partial charge on any atom is -0.485 e. The molecule has 1 aliphatic rings. The minimum atomic E-state index is -1.08. The van der Waals surface area contributed by atoms with Gasteiger partial charge in [-0.25, -0.2) is 9.89 Å². The maximum Gasteiger partial charge on any atom is 0.205 e. The number of ether oxygens (including phenoxy) is 1. The summed E-state index contributed by atoms with van der Waals surface area (Å²) in [7, 11) is 0. The maximum absolute atomic E-state index is 10.9. The SMILES string of the molecule is CC1(C)Oc2ccc(C#N)cc2C(N(C#N)C(N)=NCc2ccncc2)C1O. The summed E-state index contributed by atoms with van der Waals surface area (Å²) < 4.78 is 5.88. The third kappa shape index (κ3) is 3.59. The van der Waals surface area contributed by atoms with Gasteiger partial charge in [0.25, 0.3) is 0 Å². The number of fused-ring (bicyclic) bond motifs is 1. The van der Waals surface area contributed by atoms with Crippen LogP contribution in [0.5, 0.6) is 5.75 Å². The van der Waals surface area contributed by atoms with Gasteiger partial charge in [0.15, 0.2) is 6.19 Å². The van der Waals surface area contributed by atoms with Crippen molar-refractivity contribution < 1.29 is 9.84 Å². The fourth-order valence-electron chi connectivity index (χ4n) is 3.11. The van der Waals surface area contributed by atoms with Crippen molar-refractivity contribution in [2.45, 2.75) is 38.1 Å². The Morgan fingerprint density at radius 3 is 2.68 bits per heavy atom. The van der Waals surface area contributed by atoms with Crippen molar-refractivity contribution in [1.82, 2.24) is 9.88 Å². The van der Waals surface area contributed by atoms with Crippen molar-refractivity contribution in [2.24, 2.45) is 10.7 Å². The summed E-state index contributed by atoms with van der Waals surface area (Å²) in [5.41, 5.74) is 6.93. The summed E-state index contributed by atoms with van der Waals surface area (Å²) in [6.45, 7) is 3.72. The van der Waals surface area contributed by atoms with Gasteiger partial charge in [-0.15, -0.1) is 0 Å². The van der Waals surface area contributed by atoms with E-state index in [0.717, 1.165) is 10.5 Å². The standard InChI is InChI=1S/C20H20N6O2/c1-20(2)18(27)17(15-9-14(10-21)3-4-16(15)28-20)26(12-22)19(23)25-11-13-5-7-24-8-6-13/h3-9,17-18,27H,11H2,1-2H3,(H2,23,25). The fourth-order valence-corrected chi connectivity index (χ4v) is 3.11. The second-order valence-electron chi connectivity index (χ2n) is 6.96. The van der Waals surface area contributed by atoms with E-state index in [2.05, 4.69) is 16.0 Å². The third-order valence-corrected chi connectivity index (χ3v) is 4.65. The Bertz CT molecular complexity index is 974. The first kappa shape index (κ1) is 19.2. The number of aliphatic imine (C=N–C) groups is 1. The molecule has 0 bridgehead atoms. The van der Waals surface area contributed by atoms with Crippen LogP contribution in [0.1, 0.15) is 36.6 Å². The molecule has 2 heterocycles. The molecule has 0 radical (unpaired) electrons. The van der Waals surface area contributed by atoms with Crippen LogP contribution in [-0.2, 0) is 6.54 Å². The number of rotatable bonds is 3. The Balaban J connectivity index is 2.01. The van der Waals surface area contributed by atoms with E-state index in [4.69, 9.17) is 10.5 Å². The molecule has 1 aromatic carbocycles. The Morgan fingerprint density at radius 2 is 2.04 bits per heavy atom. The molecule has 0 saturated heterocycles. The number of hydrogen-bond donors (Lipinski definition) is 2. The number of hydrogen-bond acceptors (Lipinski definition) is 6. The molecule has 3 N–H and O–H groups in total. The van der Waals surface area contributed by atoms with E-state index in [-0.39, 0.29) is 12.5 Å². The zero-order valence-electron chi connectivity index (χ0n) is 15.6. The van der Waals surface area contributed by atoms with E-state index in [1.165, 1.54) is 0 Å². The molecule has 0 saturated carbocycles. The molecule has 2 aromatic rings. The normalized spacial score (nSPS) is 20.2. The molecule has 3 rings (SSSR count). The number of aliphatic hydroxyl groups excluding tert-OH is 1. The number of nitrogens with zero attached hydrogens (tertiary/aromatic N) is 5. The van der Waals surface area contributed by atoms with E-state index in [1.54, 1.807) is 56.6 Å². The van der Waals surface area contributed by atoms with Crippen molar-refractivity contribution in [3.05, 3.63) is 59.4 Å². The summed E-state index contributed by atoms with van der Waals surface area (Å²) in [5.74, 6) is 0.454. The van der Waals surface area contributed by atoms with Gasteiger partial charge in [0.1, 0.15) is 23.5 Å². The molecule has 2 atom stereocenters. The van der Waals surface area contributed by atoms with Gasteiger partial charge in [-0.05, 0) is 49.7 Å². The highest BCUT2D eigenvalue weighted by atomic mass is 16.5. The van der Waals surface area contributed by atoms with Gasteiger partial charge >= 0.3 is 0 Å². The summed E-state index contributed by atoms with van der Waals surface area (Å²) in [6.07, 6.45) is 4.23. The lowest BCUT2D eigenvalue weighted by atomic mass is 9.85. The summed E-state index contributed by atoms with van der Waals surface area (Å²) in [4.78, 5) is 9.40. The van der Waals surface area contributed by atoms with Gasteiger partial charge in [0, 0.05) is 18.0 Å². The summed E-state index contributed by atoms with van der Waals surface area (Å²) in [5, 5.41) is 29.9. The first-order chi connectivity index (χ1) is 13.4. The van der Waals surface area contributed by atoms with E-state index in [9.17, 15) is 15.6 Å². The monoisotopic (exact) mass is 376 g/mol. The average molecular weight is 376 g/mol. The van der Waals surface area contributed by atoms with Crippen LogP contribution in [-0.4, -0.2) is 32.7 Å². The number of nitrogens with two attached hydrogens (primary N) is 1. The quantitative estimate of drug-likeness (QED) is 0.361. The Kier molecular flexibility index (Phi) is 5.16. The largest absolute Gasteiger partial charge is 0.485 e. The highest BCUT2D eigenvalue weighted by Gasteiger charge is 2.46. The second-order valence-corrected chi connectivity index (χ2v) is 6.96. The van der Waals surface area contributed by atoms with Crippen molar-refractivity contribution in [2.75, 3.05) is 0 Å². The number of aromatic nitrogens is 1. The molecular weight excluding hydrogens is 356 g/mol. The first-order valence-corrected chi connectivity index (χ1v) is 8.66. The molecular formula is C20H20N6O2. The predicted molar refractivity (Wildman–Crippen MR) is 102 cm³/mol. The lowest BCUT2D eigenvalue weighted by Crippen LogP contribution is -2.54.